The van der Waals surface area contributed by atoms with E-state index in [-0.39, 0.29) is 18.1 Å². The van der Waals surface area contributed by atoms with Crippen LogP contribution in [0.2, 0.25) is 5.02 Å². The normalized spacial score (nSPS) is 22.4. The predicted molar refractivity (Wildman–Crippen MR) is 137 cm³/mol. The number of methoxy groups -OCH3 is 2. The largest absolute Gasteiger partial charge is 0.496 e. The van der Waals surface area contributed by atoms with Crippen molar-refractivity contribution in [3.63, 3.8) is 0 Å². The average Bonchev–Trinajstić information content (AvgIpc) is 2.81. The molecule has 33 heavy (non-hydrogen) atoms. The van der Waals surface area contributed by atoms with Crippen molar-refractivity contribution in [1.82, 2.24) is 15.1 Å². The molecule has 3 N–H and O–H groups in total. The number of hydrogen-bond donors (Lipinski definition) is 2. The van der Waals surface area contributed by atoms with E-state index in [9.17, 15) is 4.79 Å². The molecule has 9 heteroatoms. The quantitative estimate of drug-likeness (QED) is 0.442. The molecule has 184 valence electrons. The first kappa shape index (κ1) is 26.0. The van der Waals surface area contributed by atoms with Crippen LogP contribution in [0.15, 0.2) is 12.1 Å². The minimum Gasteiger partial charge on any atom is -0.496 e. The summed E-state index contributed by atoms with van der Waals surface area (Å²) in [7, 11) is 3.22. The number of piperidine rings is 2. The van der Waals surface area contributed by atoms with Crippen LogP contribution in [0.25, 0.3) is 0 Å². The van der Waals surface area contributed by atoms with Gasteiger partial charge in [0.15, 0.2) is 0 Å². The summed E-state index contributed by atoms with van der Waals surface area (Å²) in [5.41, 5.74) is 6.60. The van der Waals surface area contributed by atoms with Crippen molar-refractivity contribution in [1.29, 1.82) is 0 Å². The number of halogens is 1. The van der Waals surface area contributed by atoms with Crippen molar-refractivity contribution in [2.45, 2.75) is 45.3 Å². The number of anilines is 1. The van der Waals surface area contributed by atoms with Crippen LogP contribution >= 0.6 is 23.8 Å². The highest BCUT2D eigenvalue weighted by atomic mass is 35.5. The fraction of sp³-hybridized carbons (Fsp3) is 0.667. The van der Waals surface area contributed by atoms with Crippen molar-refractivity contribution >= 4 is 40.4 Å². The number of nitrogens with two attached hydrogens (primary N) is 1. The van der Waals surface area contributed by atoms with Gasteiger partial charge in [-0.05, 0) is 31.2 Å². The van der Waals surface area contributed by atoms with Gasteiger partial charge >= 0.3 is 0 Å². The summed E-state index contributed by atoms with van der Waals surface area (Å²) in [6, 6.07) is 3.05. The summed E-state index contributed by atoms with van der Waals surface area (Å²) in [4.78, 5) is 18.9. The molecule has 0 bridgehead atoms. The Kier molecular flexibility index (Phi) is 9.21. The van der Waals surface area contributed by atoms with Crippen molar-refractivity contribution in [3.05, 3.63) is 22.7 Å². The molecule has 2 aliphatic rings. The lowest BCUT2D eigenvalue weighted by Crippen LogP contribution is -2.55. The molecule has 1 aromatic carbocycles. The Morgan fingerprint density at radius 1 is 1.24 bits per heavy atom. The fourth-order valence-corrected chi connectivity index (χ4v) is 5.12. The van der Waals surface area contributed by atoms with Crippen LogP contribution in [0.1, 0.15) is 43.5 Å². The number of nitrogens with one attached hydrogen (secondary N) is 1. The lowest BCUT2D eigenvalue weighted by Gasteiger charge is -2.41. The monoisotopic (exact) mass is 496 g/mol. The first-order valence-corrected chi connectivity index (χ1v) is 12.5. The van der Waals surface area contributed by atoms with Gasteiger partial charge in [0.05, 0.1) is 40.5 Å². The van der Waals surface area contributed by atoms with Gasteiger partial charge in [0.1, 0.15) is 5.75 Å². The van der Waals surface area contributed by atoms with E-state index in [1.807, 2.05) is 0 Å². The molecule has 0 aromatic heterocycles. The second-order valence-corrected chi connectivity index (χ2v) is 10.2. The van der Waals surface area contributed by atoms with Gasteiger partial charge < -0.3 is 30.3 Å². The number of carbonyl (C=O) groups excluding carboxylic acids is 1. The topological polar surface area (TPSA) is 80.1 Å². The molecule has 2 aliphatic heterocycles. The van der Waals surface area contributed by atoms with Crippen LogP contribution in [0, 0.1) is 11.8 Å². The third-order valence-electron chi connectivity index (χ3n) is 6.76. The van der Waals surface area contributed by atoms with Gasteiger partial charge in [0, 0.05) is 51.8 Å². The first-order valence-electron chi connectivity index (χ1n) is 11.7. The summed E-state index contributed by atoms with van der Waals surface area (Å²) in [6.07, 6.45) is 3.08. The molecule has 7 nitrogen and oxygen atoms in total. The standard InChI is InChI=1S/C24H37ClN4O3S/c1-15(2)24(33)29-9-5-16(6-10-29)13-28-8-7-20(22(14-28)32-4)27-23(30)17-11-18(25)19(26)12-21(17)31-3/h11-12,15-16,20,22H,5-10,13-14,26H2,1-4H3,(H,27,30)/t20-,22+/m1/s1. The third kappa shape index (κ3) is 6.50. The predicted octanol–water partition coefficient (Wildman–Crippen LogP) is 3.45. The fourth-order valence-electron chi connectivity index (χ4n) is 4.78. The molecule has 2 fully saturated rings. The van der Waals surface area contributed by atoms with E-state index in [0.717, 1.165) is 44.1 Å². The van der Waals surface area contributed by atoms with Crippen LogP contribution < -0.4 is 15.8 Å². The van der Waals surface area contributed by atoms with Crippen molar-refractivity contribution < 1.29 is 14.3 Å². The molecular weight excluding hydrogens is 460 g/mol. The Bertz CT molecular complexity index is 845. The highest BCUT2D eigenvalue weighted by Gasteiger charge is 2.33. The van der Waals surface area contributed by atoms with E-state index >= 15 is 0 Å². The number of hydrogen-bond acceptors (Lipinski definition) is 6. The summed E-state index contributed by atoms with van der Waals surface area (Å²) >= 11 is 11.7. The van der Waals surface area contributed by atoms with Gasteiger partial charge in [0.2, 0.25) is 0 Å². The maximum Gasteiger partial charge on any atom is 0.255 e. The van der Waals surface area contributed by atoms with E-state index in [1.54, 1.807) is 19.2 Å². The average molecular weight is 497 g/mol. The van der Waals surface area contributed by atoms with Gasteiger partial charge in [-0.25, -0.2) is 0 Å². The van der Waals surface area contributed by atoms with Crippen LogP contribution in [-0.2, 0) is 4.74 Å². The maximum absolute atomic E-state index is 13.0. The zero-order valence-corrected chi connectivity index (χ0v) is 21.7. The number of likely N-dealkylation sites (tertiary alicyclic amines) is 2. The van der Waals surface area contributed by atoms with Gasteiger partial charge in [0.25, 0.3) is 5.91 Å². The number of carbonyl (C=O) groups is 1. The molecule has 0 radical (unpaired) electrons. The maximum atomic E-state index is 13.0. The number of ether oxygens (including phenoxy) is 2. The molecule has 2 saturated heterocycles. The van der Waals surface area contributed by atoms with E-state index in [4.69, 9.17) is 39.0 Å². The minimum absolute atomic E-state index is 0.0773. The number of nitrogens with zero attached hydrogens (tertiary/aromatic N) is 2. The lowest BCUT2D eigenvalue weighted by atomic mass is 9.93. The highest BCUT2D eigenvalue weighted by molar-refractivity contribution is 7.80. The Labute approximate surface area is 207 Å². The van der Waals surface area contributed by atoms with Crippen LogP contribution in [-0.4, -0.2) is 79.8 Å². The van der Waals surface area contributed by atoms with Crippen molar-refractivity contribution in [2.24, 2.45) is 11.8 Å². The number of rotatable bonds is 7. The molecule has 2 atom stereocenters. The molecular formula is C24H37ClN4O3S. The Morgan fingerprint density at radius 3 is 2.55 bits per heavy atom. The van der Waals surface area contributed by atoms with E-state index in [0.29, 0.717) is 33.9 Å². The van der Waals surface area contributed by atoms with E-state index in [2.05, 4.69) is 29.0 Å². The van der Waals surface area contributed by atoms with Gasteiger partial charge in [-0.2, -0.15) is 0 Å². The molecule has 3 rings (SSSR count). The lowest BCUT2D eigenvalue weighted by molar-refractivity contribution is -0.000305. The highest BCUT2D eigenvalue weighted by Crippen LogP contribution is 2.29. The zero-order valence-electron chi connectivity index (χ0n) is 20.1. The van der Waals surface area contributed by atoms with Gasteiger partial charge in [-0.3, -0.25) is 4.79 Å². The summed E-state index contributed by atoms with van der Waals surface area (Å²) in [5, 5.41) is 3.45. The van der Waals surface area contributed by atoms with Gasteiger partial charge in [-0.1, -0.05) is 37.7 Å². The minimum atomic E-state index is -0.234. The van der Waals surface area contributed by atoms with Crippen LogP contribution in [0.5, 0.6) is 5.75 Å². The summed E-state index contributed by atoms with van der Waals surface area (Å²) in [5.74, 6) is 1.27. The molecule has 0 saturated carbocycles. The Balaban J connectivity index is 1.53. The molecule has 1 aromatic rings. The second kappa shape index (κ2) is 11.7. The second-order valence-electron chi connectivity index (χ2n) is 9.40. The molecule has 0 spiro atoms. The van der Waals surface area contributed by atoms with Crippen LogP contribution in [0.3, 0.4) is 0 Å². The van der Waals surface area contributed by atoms with Crippen LogP contribution in [0.4, 0.5) is 5.69 Å². The Morgan fingerprint density at radius 2 is 1.94 bits per heavy atom. The summed E-state index contributed by atoms with van der Waals surface area (Å²) in [6.45, 7) is 9.22. The number of thiocarbonyl (C=S) groups is 1. The Hall–Kier alpha value is -1.61. The van der Waals surface area contributed by atoms with Crippen molar-refractivity contribution in [2.75, 3.05) is 52.7 Å². The molecule has 0 unspecified atom stereocenters. The summed E-state index contributed by atoms with van der Waals surface area (Å²) < 4.78 is 11.1. The number of nitrogen functional groups attached to an aromatic ring is 1. The number of benzene rings is 1. The third-order valence-corrected chi connectivity index (χ3v) is 7.82. The molecule has 0 aliphatic carbocycles. The van der Waals surface area contributed by atoms with E-state index < -0.39 is 0 Å². The smallest absolute Gasteiger partial charge is 0.255 e. The number of amides is 1. The van der Waals surface area contributed by atoms with E-state index in [1.165, 1.54) is 20.0 Å². The van der Waals surface area contributed by atoms with Gasteiger partial charge in [-0.15, -0.1) is 0 Å². The van der Waals surface area contributed by atoms with Crippen molar-refractivity contribution in [3.8, 4) is 5.75 Å². The SMILES string of the molecule is COc1cc(N)c(Cl)cc1C(=O)N[C@@H]1CCN(CC2CCN(C(=S)C(C)C)CC2)C[C@@H]1OC. The first-order chi connectivity index (χ1) is 15.7. The zero-order chi connectivity index (χ0) is 24.1. The molecule has 1 amide bonds. The molecule has 2 heterocycles.